The molecule has 0 heterocycles. The molecular weight excluding hydrogens is 274 g/mol. The second-order valence-electron chi connectivity index (χ2n) is 6.65. The molecule has 0 aliphatic heterocycles. The van der Waals surface area contributed by atoms with E-state index >= 15 is 0 Å². The van der Waals surface area contributed by atoms with Crippen molar-refractivity contribution in [1.82, 2.24) is 5.32 Å². The standard InChI is InChI=1S/C19H29NS/c1-2-20-19-17-12-6-5-10-16(17)11-7-13-18(19)21-14-15-8-3-4-9-15/h5-6,10,12,15,18-20H,2-4,7-9,11,13-14H2,1H3. The number of aryl methyl sites for hydroxylation is 1. The highest BCUT2D eigenvalue weighted by Crippen LogP contribution is 2.38. The summed E-state index contributed by atoms with van der Waals surface area (Å²) in [5.74, 6) is 2.38. The van der Waals surface area contributed by atoms with E-state index < -0.39 is 0 Å². The van der Waals surface area contributed by atoms with Gasteiger partial charge in [0, 0.05) is 11.3 Å². The van der Waals surface area contributed by atoms with Gasteiger partial charge in [-0.15, -0.1) is 0 Å². The van der Waals surface area contributed by atoms with Gasteiger partial charge in [0.05, 0.1) is 0 Å². The van der Waals surface area contributed by atoms with Crippen LogP contribution < -0.4 is 5.32 Å². The third kappa shape index (κ3) is 3.84. The maximum absolute atomic E-state index is 3.79. The van der Waals surface area contributed by atoms with Crippen LogP contribution in [0.5, 0.6) is 0 Å². The van der Waals surface area contributed by atoms with Gasteiger partial charge in [-0.1, -0.05) is 44.0 Å². The Bertz CT molecular complexity index is 439. The summed E-state index contributed by atoms with van der Waals surface area (Å²) in [6.45, 7) is 3.31. The Morgan fingerprint density at radius 2 is 1.90 bits per heavy atom. The van der Waals surface area contributed by atoms with Crippen LogP contribution in [0, 0.1) is 5.92 Å². The summed E-state index contributed by atoms with van der Waals surface area (Å²) in [6.07, 6.45) is 9.86. The van der Waals surface area contributed by atoms with Crippen molar-refractivity contribution in [2.75, 3.05) is 12.3 Å². The third-order valence-corrected chi connectivity index (χ3v) is 6.74. The first-order valence-electron chi connectivity index (χ1n) is 8.81. The van der Waals surface area contributed by atoms with Gasteiger partial charge in [0.15, 0.2) is 0 Å². The Kier molecular flexibility index (Phi) is 5.65. The molecule has 0 saturated heterocycles. The lowest BCUT2D eigenvalue weighted by Gasteiger charge is -2.28. The van der Waals surface area contributed by atoms with Crippen LogP contribution in [0.4, 0.5) is 0 Å². The van der Waals surface area contributed by atoms with E-state index in [4.69, 9.17) is 0 Å². The van der Waals surface area contributed by atoms with Crippen LogP contribution in [0.15, 0.2) is 24.3 Å². The van der Waals surface area contributed by atoms with Crippen LogP contribution in [-0.2, 0) is 6.42 Å². The number of nitrogens with one attached hydrogen (secondary N) is 1. The molecule has 0 aromatic heterocycles. The molecule has 3 rings (SSSR count). The molecule has 2 heteroatoms. The van der Waals surface area contributed by atoms with Gasteiger partial charge < -0.3 is 5.32 Å². The summed E-state index contributed by atoms with van der Waals surface area (Å²) >= 11 is 2.26. The monoisotopic (exact) mass is 303 g/mol. The van der Waals surface area contributed by atoms with Gasteiger partial charge in [0.2, 0.25) is 0 Å². The van der Waals surface area contributed by atoms with Gasteiger partial charge in [-0.3, -0.25) is 0 Å². The number of fused-ring (bicyclic) bond motifs is 1. The van der Waals surface area contributed by atoms with E-state index in [1.807, 2.05) is 0 Å². The zero-order valence-corrected chi connectivity index (χ0v) is 14.1. The van der Waals surface area contributed by atoms with Crippen LogP contribution in [0.2, 0.25) is 0 Å². The molecule has 1 nitrogen and oxygen atoms in total. The SMILES string of the molecule is CCNC1c2ccccc2CCCC1SCC1CCCC1. The molecule has 2 aliphatic carbocycles. The van der Waals surface area contributed by atoms with Crippen molar-refractivity contribution in [2.45, 2.75) is 63.2 Å². The molecule has 0 spiro atoms. The fraction of sp³-hybridized carbons (Fsp3) is 0.684. The van der Waals surface area contributed by atoms with Crippen molar-refractivity contribution in [2.24, 2.45) is 5.92 Å². The van der Waals surface area contributed by atoms with Gasteiger partial charge in [-0.05, 0) is 61.4 Å². The average Bonchev–Trinajstić information content (AvgIpc) is 2.96. The summed E-state index contributed by atoms with van der Waals surface area (Å²) in [5, 5.41) is 4.54. The highest BCUT2D eigenvalue weighted by atomic mass is 32.2. The molecule has 0 bridgehead atoms. The molecule has 1 fully saturated rings. The summed E-state index contributed by atoms with van der Waals surface area (Å²) in [4.78, 5) is 0. The number of thioether (sulfide) groups is 1. The minimum atomic E-state index is 0.556. The van der Waals surface area contributed by atoms with E-state index in [0.29, 0.717) is 6.04 Å². The molecule has 0 amide bonds. The van der Waals surface area contributed by atoms with Gasteiger partial charge in [-0.2, -0.15) is 11.8 Å². The summed E-state index contributed by atoms with van der Waals surface area (Å²) < 4.78 is 0. The quantitative estimate of drug-likeness (QED) is 0.771. The Hall–Kier alpha value is -0.470. The van der Waals surface area contributed by atoms with Crippen molar-refractivity contribution < 1.29 is 0 Å². The highest BCUT2D eigenvalue weighted by Gasteiger charge is 2.28. The van der Waals surface area contributed by atoms with Gasteiger partial charge in [0.25, 0.3) is 0 Å². The zero-order valence-electron chi connectivity index (χ0n) is 13.3. The molecule has 116 valence electrons. The number of hydrogen-bond acceptors (Lipinski definition) is 2. The summed E-state index contributed by atoms with van der Waals surface area (Å²) in [7, 11) is 0. The minimum absolute atomic E-state index is 0.556. The van der Waals surface area contributed by atoms with E-state index in [2.05, 4.69) is 48.3 Å². The Balaban J connectivity index is 1.71. The summed E-state index contributed by atoms with van der Waals surface area (Å²) in [6, 6.07) is 9.67. The molecule has 1 saturated carbocycles. The Morgan fingerprint density at radius 3 is 2.71 bits per heavy atom. The molecule has 21 heavy (non-hydrogen) atoms. The lowest BCUT2D eigenvalue weighted by Crippen LogP contribution is -2.30. The van der Waals surface area contributed by atoms with Crippen molar-refractivity contribution >= 4 is 11.8 Å². The number of rotatable bonds is 5. The maximum atomic E-state index is 3.79. The molecular formula is C19H29NS. The first-order chi connectivity index (χ1) is 10.4. The third-order valence-electron chi connectivity index (χ3n) is 5.14. The molecule has 1 aromatic rings. The molecule has 2 aliphatic rings. The second-order valence-corrected chi connectivity index (χ2v) is 7.92. The number of benzene rings is 1. The predicted octanol–water partition coefficient (Wildman–Crippen LogP) is 4.97. The normalized spacial score (nSPS) is 26.5. The van der Waals surface area contributed by atoms with Crippen molar-refractivity contribution in [1.29, 1.82) is 0 Å². The van der Waals surface area contributed by atoms with E-state index in [9.17, 15) is 0 Å². The Morgan fingerprint density at radius 1 is 1.10 bits per heavy atom. The first kappa shape index (κ1) is 15.4. The van der Waals surface area contributed by atoms with Crippen LogP contribution in [-0.4, -0.2) is 17.5 Å². The van der Waals surface area contributed by atoms with E-state index in [-0.39, 0.29) is 0 Å². The lowest BCUT2D eigenvalue weighted by atomic mass is 9.99. The smallest absolute Gasteiger partial charge is 0.0443 e. The topological polar surface area (TPSA) is 12.0 Å². The van der Waals surface area contributed by atoms with Crippen LogP contribution in [0.3, 0.4) is 0 Å². The lowest BCUT2D eigenvalue weighted by molar-refractivity contribution is 0.514. The highest BCUT2D eigenvalue weighted by molar-refractivity contribution is 7.99. The van der Waals surface area contributed by atoms with Crippen LogP contribution in [0.25, 0.3) is 0 Å². The van der Waals surface area contributed by atoms with E-state index in [1.165, 1.54) is 50.7 Å². The fourth-order valence-electron chi connectivity index (χ4n) is 4.00. The van der Waals surface area contributed by atoms with Gasteiger partial charge in [-0.25, -0.2) is 0 Å². The van der Waals surface area contributed by atoms with Crippen molar-refractivity contribution in [3.05, 3.63) is 35.4 Å². The van der Waals surface area contributed by atoms with Crippen LogP contribution >= 0.6 is 11.8 Å². The molecule has 0 radical (unpaired) electrons. The second kappa shape index (κ2) is 7.69. The predicted molar refractivity (Wildman–Crippen MR) is 94.0 cm³/mol. The molecule has 2 atom stereocenters. The minimum Gasteiger partial charge on any atom is -0.309 e. The number of hydrogen-bond donors (Lipinski definition) is 1. The zero-order chi connectivity index (χ0) is 14.5. The van der Waals surface area contributed by atoms with Gasteiger partial charge in [0.1, 0.15) is 0 Å². The Labute approximate surface area is 134 Å². The van der Waals surface area contributed by atoms with Gasteiger partial charge >= 0.3 is 0 Å². The fourth-order valence-corrected chi connectivity index (χ4v) is 5.62. The van der Waals surface area contributed by atoms with Crippen molar-refractivity contribution in [3.63, 3.8) is 0 Å². The average molecular weight is 304 g/mol. The largest absolute Gasteiger partial charge is 0.309 e. The van der Waals surface area contributed by atoms with E-state index in [1.54, 1.807) is 11.1 Å². The molecule has 1 aromatic carbocycles. The summed E-state index contributed by atoms with van der Waals surface area (Å²) in [5.41, 5.74) is 3.15. The maximum Gasteiger partial charge on any atom is 0.0443 e. The van der Waals surface area contributed by atoms with Crippen molar-refractivity contribution in [3.8, 4) is 0 Å². The van der Waals surface area contributed by atoms with Crippen LogP contribution in [0.1, 0.15) is 62.6 Å². The first-order valence-corrected chi connectivity index (χ1v) is 9.86. The van der Waals surface area contributed by atoms with E-state index in [0.717, 1.165) is 17.7 Å². The molecule has 2 unspecified atom stereocenters. The molecule has 1 N–H and O–H groups in total.